The molecule has 0 aromatic heterocycles. The van der Waals surface area contributed by atoms with Crippen LogP contribution in [0.5, 0.6) is 0 Å². The molecule has 0 radical (unpaired) electrons. The molecule has 0 saturated heterocycles. The third-order valence-corrected chi connectivity index (χ3v) is 20.7. The van der Waals surface area contributed by atoms with Crippen molar-refractivity contribution in [1.82, 2.24) is 0 Å². The van der Waals surface area contributed by atoms with E-state index < -0.39 is 22.4 Å². The number of Topliss-reactive ketones (excluding diaryl/α,β-unsaturated/α-hetero) is 1. The number of hydrogen-bond donors (Lipinski definition) is 0. The molecule has 1 aliphatic rings. The molecule has 0 aliphatic carbocycles. The Bertz CT molecular complexity index is 1320. The van der Waals surface area contributed by atoms with Crippen LogP contribution in [0.2, 0.25) is 23.2 Å². The second kappa shape index (κ2) is 20.7. The van der Waals surface area contributed by atoms with E-state index in [4.69, 9.17) is 18.3 Å². The van der Waals surface area contributed by atoms with Crippen molar-refractivity contribution in [2.45, 2.75) is 141 Å². The molecular formula is C44H68O5Si2. The van der Waals surface area contributed by atoms with E-state index in [9.17, 15) is 4.79 Å². The van der Waals surface area contributed by atoms with Gasteiger partial charge in [0.25, 0.3) is 8.32 Å². The Balaban J connectivity index is 1.53. The summed E-state index contributed by atoms with van der Waals surface area (Å²) < 4.78 is 26.3. The van der Waals surface area contributed by atoms with Gasteiger partial charge in [0.05, 0.1) is 6.10 Å². The van der Waals surface area contributed by atoms with E-state index in [1.54, 1.807) is 7.11 Å². The predicted octanol–water partition coefficient (Wildman–Crippen LogP) is 10.3. The second-order valence-corrected chi connectivity index (χ2v) is 24.4. The van der Waals surface area contributed by atoms with Crippen molar-refractivity contribution in [1.29, 1.82) is 0 Å². The van der Waals surface area contributed by atoms with Gasteiger partial charge in [-0.25, -0.2) is 0 Å². The minimum absolute atomic E-state index is 0.0365. The van der Waals surface area contributed by atoms with Gasteiger partial charge in [0.15, 0.2) is 14.1 Å². The first-order valence-electron chi connectivity index (χ1n) is 19.6. The summed E-state index contributed by atoms with van der Waals surface area (Å²) in [5.41, 5.74) is 0. The maximum absolute atomic E-state index is 13.3. The molecule has 7 heteroatoms. The zero-order chi connectivity index (χ0) is 37.4. The third kappa shape index (κ3) is 11.8. The molecule has 0 spiro atoms. The first kappa shape index (κ1) is 43.0. The average molecular weight is 733 g/mol. The van der Waals surface area contributed by atoms with Crippen LogP contribution in [0, 0.1) is 5.92 Å². The summed E-state index contributed by atoms with van der Waals surface area (Å²) in [4.78, 5) is 13.3. The summed E-state index contributed by atoms with van der Waals surface area (Å²) in [6.45, 7) is 20.4. The number of ketones is 1. The lowest BCUT2D eigenvalue weighted by molar-refractivity contribution is -0.214. The highest BCUT2D eigenvalue weighted by Gasteiger charge is 2.50. The predicted molar refractivity (Wildman–Crippen MR) is 220 cm³/mol. The number of ether oxygens (including phenoxy) is 2. The largest absolute Gasteiger partial charge is 0.414 e. The Morgan fingerprint density at radius 1 is 1.00 bits per heavy atom. The van der Waals surface area contributed by atoms with Crippen LogP contribution < -0.4 is 10.4 Å². The van der Waals surface area contributed by atoms with E-state index in [2.05, 4.69) is 134 Å². The lowest BCUT2D eigenvalue weighted by atomic mass is 9.93. The lowest BCUT2D eigenvalue weighted by Gasteiger charge is -2.43. The fourth-order valence-electron chi connectivity index (χ4n) is 7.54. The lowest BCUT2D eigenvalue weighted by Crippen LogP contribution is -2.66. The van der Waals surface area contributed by atoms with E-state index >= 15 is 0 Å². The molecule has 5 nitrogen and oxygen atoms in total. The average Bonchev–Trinajstić information content (AvgIpc) is 3.15. The van der Waals surface area contributed by atoms with Crippen LogP contribution in [0.3, 0.4) is 0 Å². The molecule has 0 saturated carbocycles. The number of unbranched alkanes of at least 4 members (excludes halogenated alkanes) is 1. The third-order valence-electron chi connectivity index (χ3n) is 11.0. The van der Waals surface area contributed by atoms with E-state index in [1.807, 2.05) is 12.2 Å². The Morgan fingerprint density at radius 2 is 1.61 bits per heavy atom. The second-order valence-electron chi connectivity index (χ2n) is 15.3. The maximum atomic E-state index is 13.3. The molecule has 2 aromatic rings. The van der Waals surface area contributed by atoms with E-state index in [-0.39, 0.29) is 28.9 Å². The van der Waals surface area contributed by atoms with E-state index in [1.165, 1.54) is 10.4 Å². The van der Waals surface area contributed by atoms with Gasteiger partial charge < -0.3 is 18.3 Å². The number of carbonyl (C=O) groups excluding carboxylic acids is 1. The smallest absolute Gasteiger partial charge is 0.261 e. The van der Waals surface area contributed by atoms with Crippen LogP contribution in [-0.4, -0.2) is 54.1 Å². The Morgan fingerprint density at radius 3 is 2.14 bits per heavy atom. The first-order chi connectivity index (χ1) is 24.4. The highest BCUT2D eigenvalue weighted by molar-refractivity contribution is 6.99. The van der Waals surface area contributed by atoms with Gasteiger partial charge in [0.2, 0.25) is 0 Å². The quantitative estimate of drug-likeness (QED) is 0.0647. The van der Waals surface area contributed by atoms with Gasteiger partial charge >= 0.3 is 0 Å². The Kier molecular flexibility index (Phi) is 17.5. The standard InChI is InChI=1S/C44H68O5Si2/c1-10-24-39(49-50(11-2,12-3)13-4)32-31-37(5)42(45)33-35-44(46-9)34-23-26-38(48-44)25-17-16-22-36-47-51(43(6,7)8,40-27-18-14-19-28-40)41-29-20-15-21-30-41/h10,14-15,17-21,23,25,27-30,34,37-39H,1,11-13,16,22,24,26,31-33,35-36H2,2-9H3/b25-17+/t37-,38+,39-,44+/m0/s1. The molecule has 0 unspecified atom stereocenters. The molecule has 0 N–H and O–H groups in total. The maximum Gasteiger partial charge on any atom is 0.261 e. The fourth-order valence-corrected chi connectivity index (χ4v) is 15.1. The molecule has 4 atom stereocenters. The zero-order valence-electron chi connectivity index (χ0n) is 33.1. The van der Waals surface area contributed by atoms with Gasteiger partial charge in [-0.15, -0.1) is 6.58 Å². The van der Waals surface area contributed by atoms with Gasteiger partial charge in [-0.1, -0.05) is 133 Å². The van der Waals surface area contributed by atoms with Crippen molar-refractivity contribution in [3.05, 3.63) is 97.6 Å². The van der Waals surface area contributed by atoms with Crippen molar-refractivity contribution < 1.29 is 23.1 Å². The van der Waals surface area contributed by atoms with Crippen molar-refractivity contribution >= 4 is 32.8 Å². The van der Waals surface area contributed by atoms with Gasteiger partial charge in [-0.3, -0.25) is 4.79 Å². The van der Waals surface area contributed by atoms with Crippen LogP contribution in [0.4, 0.5) is 0 Å². The molecule has 282 valence electrons. The summed E-state index contributed by atoms with van der Waals surface area (Å²) >= 11 is 0. The van der Waals surface area contributed by atoms with Gasteiger partial charge in [-0.2, -0.15) is 0 Å². The van der Waals surface area contributed by atoms with E-state index in [0.29, 0.717) is 19.4 Å². The summed E-state index contributed by atoms with van der Waals surface area (Å²) in [6.07, 6.45) is 16.5. The molecule has 3 rings (SSSR count). The van der Waals surface area contributed by atoms with Crippen LogP contribution in [0.25, 0.3) is 0 Å². The fraction of sp³-hybridized carbons (Fsp3) is 0.568. The first-order valence-corrected chi connectivity index (χ1v) is 24.0. The summed E-state index contributed by atoms with van der Waals surface area (Å²) in [7, 11) is -2.57. The number of allylic oxidation sites excluding steroid dienone is 1. The molecule has 1 aliphatic heterocycles. The normalized spacial score (nSPS) is 19.6. The van der Waals surface area contributed by atoms with Crippen LogP contribution in [0.1, 0.15) is 99.8 Å². The minimum Gasteiger partial charge on any atom is -0.414 e. The molecular weight excluding hydrogens is 665 g/mol. The number of methoxy groups -OCH3 is 1. The number of rotatable bonds is 23. The summed E-state index contributed by atoms with van der Waals surface area (Å²) in [6, 6.07) is 25.0. The van der Waals surface area contributed by atoms with Crippen molar-refractivity contribution in [3.63, 3.8) is 0 Å². The molecule has 51 heavy (non-hydrogen) atoms. The SMILES string of the molecule is C=CC[C@@H](CC[C@H](C)C(=O)CC[C@@]1(OC)C=CC[C@@H](/C=C/CCCO[Si](c2ccccc2)(c2ccccc2)C(C)(C)C)O1)O[Si](CC)(CC)CC. The number of carbonyl (C=O) groups is 1. The minimum atomic E-state index is -2.53. The number of benzene rings is 2. The molecule has 0 amide bonds. The van der Waals surface area contributed by atoms with E-state index in [0.717, 1.165) is 56.7 Å². The molecule has 0 bridgehead atoms. The van der Waals surface area contributed by atoms with Crippen LogP contribution in [0.15, 0.2) is 97.6 Å². The summed E-state index contributed by atoms with van der Waals surface area (Å²) in [5, 5.41) is 2.57. The van der Waals surface area contributed by atoms with Crippen molar-refractivity contribution in [3.8, 4) is 0 Å². The Hall–Kier alpha value is -2.40. The van der Waals surface area contributed by atoms with Crippen LogP contribution in [-0.2, 0) is 23.1 Å². The number of hydrogen-bond acceptors (Lipinski definition) is 5. The van der Waals surface area contributed by atoms with Crippen molar-refractivity contribution in [2.75, 3.05) is 13.7 Å². The van der Waals surface area contributed by atoms with Crippen LogP contribution >= 0.6 is 0 Å². The molecule has 1 heterocycles. The monoisotopic (exact) mass is 732 g/mol. The highest BCUT2D eigenvalue weighted by atomic mass is 28.4. The Labute approximate surface area is 313 Å². The topological polar surface area (TPSA) is 54.0 Å². The van der Waals surface area contributed by atoms with Gasteiger partial charge in [0.1, 0.15) is 5.78 Å². The molecule has 2 aromatic carbocycles. The molecule has 0 fully saturated rings. The highest BCUT2D eigenvalue weighted by Crippen LogP contribution is 2.37. The van der Waals surface area contributed by atoms with Gasteiger partial charge in [0, 0.05) is 38.6 Å². The van der Waals surface area contributed by atoms with Crippen molar-refractivity contribution in [2.24, 2.45) is 5.92 Å². The zero-order valence-corrected chi connectivity index (χ0v) is 35.1. The summed E-state index contributed by atoms with van der Waals surface area (Å²) in [5.74, 6) is -0.674. The van der Waals surface area contributed by atoms with Gasteiger partial charge in [-0.05, 0) is 78.1 Å².